The Morgan fingerprint density at radius 1 is 1.45 bits per heavy atom. The van der Waals surface area contributed by atoms with Gasteiger partial charge in [0.25, 0.3) is 5.91 Å². The van der Waals surface area contributed by atoms with E-state index >= 15 is 0 Å². The highest BCUT2D eigenvalue weighted by Crippen LogP contribution is 2.47. The zero-order valence-corrected chi connectivity index (χ0v) is 12.9. The molecule has 0 spiro atoms. The van der Waals surface area contributed by atoms with Crippen molar-refractivity contribution in [2.24, 2.45) is 5.41 Å². The van der Waals surface area contributed by atoms with Crippen LogP contribution >= 0.6 is 0 Å². The average molecular weight is 302 g/mol. The summed E-state index contributed by atoms with van der Waals surface area (Å²) in [6.45, 7) is 3.39. The first kappa shape index (κ1) is 14.9. The molecule has 2 amide bonds. The molecule has 0 bridgehead atoms. The van der Waals surface area contributed by atoms with Gasteiger partial charge in [0.05, 0.1) is 6.20 Å². The monoisotopic (exact) mass is 302 g/mol. The molecular formula is C16H22N4O2. The highest BCUT2D eigenvalue weighted by Gasteiger charge is 2.49. The Balaban J connectivity index is 1.70. The Morgan fingerprint density at radius 3 is 3.05 bits per heavy atom. The molecule has 1 saturated heterocycles. The Morgan fingerprint density at radius 2 is 2.32 bits per heavy atom. The van der Waals surface area contributed by atoms with Gasteiger partial charge in [0.2, 0.25) is 5.91 Å². The summed E-state index contributed by atoms with van der Waals surface area (Å²) < 4.78 is 0. The van der Waals surface area contributed by atoms with E-state index in [4.69, 9.17) is 0 Å². The van der Waals surface area contributed by atoms with Crippen LogP contribution in [0.25, 0.3) is 0 Å². The van der Waals surface area contributed by atoms with Gasteiger partial charge in [-0.2, -0.15) is 0 Å². The molecule has 1 aromatic rings. The van der Waals surface area contributed by atoms with Crippen molar-refractivity contribution in [3.63, 3.8) is 0 Å². The fourth-order valence-corrected chi connectivity index (χ4v) is 4.03. The molecule has 1 saturated carbocycles. The van der Waals surface area contributed by atoms with Crippen LogP contribution in [0.1, 0.15) is 49.5 Å². The Hall–Kier alpha value is -1.98. The van der Waals surface area contributed by atoms with Gasteiger partial charge < -0.3 is 10.2 Å². The van der Waals surface area contributed by atoms with E-state index < -0.39 is 0 Å². The third-order valence-electron chi connectivity index (χ3n) is 5.13. The Kier molecular flexibility index (Phi) is 4.09. The van der Waals surface area contributed by atoms with E-state index in [1.54, 1.807) is 6.20 Å². The number of amides is 2. The van der Waals surface area contributed by atoms with E-state index in [1.807, 2.05) is 11.8 Å². The molecule has 2 heterocycles. The van der Waals surface area contributed by atoms with Crippen LogP contribution < -0.4 is 5.32 Å². The Labute approximate surface area is 130 Å². The zero-order valence-electron chi connectivity index (χ0n) is 12.9. The predicted molar refractivity (Wildman–Crippen MR) is 81.1 cm³/mol. The van der Waals surface area contributed by atoms with Crippen molar-refractivity contribution in [1.82, 2.24) is 20.2 Å². The first-order valence-electron chi connectivity index (χ1n) is 8.00. The van der Waals surface area contributed by atoms with Gasteiger partial charge in [-0.25, -0.2) is 4.98 Å². The first-order valence-corrected chi connectivity index (χ1v) is 8.00. The van der Waals surface area contributed by atoms with Crippen LogP contribution in [-0.2, 0) is 4.79 Å². The highest BCUT2D eigenvalue weighted by molar-refractivity contribution is 5.91. The molecule has 2 fully saturated rings. The number of rotatable bonds is 4. The van der Waals surface area contributed by atoms with Crippen molar-refractivity contribution >= 4 is 11.8 Å². The molecule has 1 N–H and O–H groups in total. The number of hydrogen-bond acceptors (Lipinski definition) is 4. The summed E-state index contributed by atoms with van der Waals surface area (Å²) >= 11 is 0. The maximum absolute atomic E-state index is 12.2. The molecule has 118 valence electrons. The number of likely N-dealkylation sites (tertiary alicyclic amines) is 1. The van der Waals surface area contributed by atoms with E-state index in [0.29, 0.717) is 18.7 Å². The quantitative estimate of drug-likeness (QED) is 0.912. The number of nitrogens with one attached hydrogen (secondary N) is 1. The summed E-state index contributed by atoms with van der Waals surface area (Å²) in [5, 5.41) is 3.01. The minimum atomic E-state index is -0.187. The van der Waals surface area contributed by atoms with Crippen molar-refractivity contribution in [2.45, 2.75) is 45.1 Å². The number of carbonyl (C=O) groups is 2. The minimum absolute atomic E-state index is 0.0296. The summed E-state index contributed by atoms with van der Waals surface area (Å²) in [5.74, 6) is 0.0679. The normalized spacial score (nSPS) is 27.6. The van der Waals surface area contributed by atoms with Crippen LogP contribution in [0, 0.1) is 5.41 Å². The lowest BCUT2D eigenvalue weighted by Crippen LogP contribution is -2.55. The van der Waals surface area contributed by atoms with E-state index in [1.165, 1.54) is 12.4 Å². The van der Waals surface area contributed by atoms with Crippen molar-refractivity contribution in [3.05, 3.63) is 24.3 Å². The summed E-state index contributed by atoms with van der Waals surface area (Å²) in [4.78, 5) is 34.2. The van der Waals surface area contributed by atoms with Gasteiger partial charge in [-0.05, 0) is 26.2 Å². The average Bonchev–Trinajstić information content (AvgIpc) is 2.98. The lowest BCUT2D eigenvalue weighted by molar-refractivity contribution is -0.141. The van der Waals surface area contributed by atoms with Crippen LogP contribution in [0.3, 0.4) is 0 Å². The molecule has 3 rings (SSSR count). The molecule has 0 radical (unpaired) electrons. The van der Waals surface area contributed by atoms with Gasteiger partial charge in [0.1, 0.15) is 5.69 Å². The van der Waals surface area contributed by atoms with Crippen molar-refractivity contribution < 1.29 is 9.59 Å². The van der Waals surface area contributed by atoms with Crippen molar-refractivity contribution in [2.75, 3.05) is 13.1 Å². The molecule has 1 aliphatic carbocycles. The molecule has 1 aromatic heterocycles. The lowest BCUT2D eigenvalue weighted by Gasteiger charge is -2.46. The first-order chi connectivity index (χ1) is 10.7. The largest absolute Gasteiger partial charge is 0.350 e. The number of aromatic nitrogens is 2. The second-order valence-electron chi connectivity index (χ2n) is 6.22. The number of fused-ring (bicyclic) bond motifs is 1. The third kappa shape index (κ3) is 2.58. The van der Waals surface area contributed by atoms with Gasteiger partial charge >= 0.3 is 0 Å². The SMILES string of the molecule is CCN1C(=O)CCC2(CNC(=O)c3cnccn3)CCCC12. The van der Waals surface area contributed by atoms with Crippen LogP contribution in [0.4, 0.5) is 0 Å². The molecule has 0 aromatic carbocycles. The third-order valence-corrected chi connectivity index (χ3v) is 5.13. The van der Waals surface area contributed by atoms with Gasteiger partial charge in [0, 0.05) is 43.4 Å². The van der Waals surface area contributed by atoms with Gasteiger partial charge in [-0.3, -0.25) is 14.6 Å². The van der Waals surface area contributed by atoms with Crippen molar-refractivity contribution in [1.29, 1.82) is 0 Å². The standard InChI is InChI=1S/C16H22N4O2/c1-2-20-13-4-3-6-16(13,7-5-14(20)21)11-19-15(22)12-10-17-8-9-18-12/h8-10,13H,2-7,11H2,1H3,(H,19,22). The van der Waals surface area contributed by atoms with Gasteiger partial charge in [-0.15, -0.1) is 0 Å². The number of carbonyl (C=O) groups excluding carboxylic acids is 2. The minimum Gasteiger partial charge on any atom is -0.350 e. The molecule has 2 aliphatic rings. The summed E-state index contributed by atoms with van der Waals surface area (Å²) in [6.07, 6.45) is 9.23. The molecule has 2 unspecified atom stereocenters. The maximum atomic E-state index is 12.2. The van der Waals surface area contributed by atoms with Crippen LogP contribution in [-0.4, -0.2) is 45.8 Å². The molecule has 22 heavy (non-hydrogen) atoms. The molecule has 1 aliphatic heterocycles. The molecule has 6 heteroatoms. The number of hydrogen-bond donors (Lipinski definition) is 1. The number of nitrogens with zero attached hydrogens (tertiary/aromatic N) is 3. The fourth-order valence-electron chi connectivity index (χ4n) is 4.03. The van der Waals surface area contributed by atoms with Crippen molar-refractivity contribution in [3.8, 4) is 0 Å². The molecule has 6 nitrogen and oxygen atoms in total. The topological polar surface area (TPSA) is 75.2 Å². The summed E-state index contributed by atoms with van der Waals surface area (Å²) in [6, 6.07) is 0.265. The van der Waals surface area contributed by atoms with Gasteiger partial charge in [-0.1, -0.05) is 6.42 Å². The van der Waals surface area contributed by atoms with Crippen LogP contribution in [0.15, 0.2) is 18.6 Å². The second-order valence-corrected chi connectivity index (χ2v) is 6.22. The summed E-state index contributed by atoms with van der Waals surface area (Å²) in [7, 11) is 0. The molecular weight excluding hydrogens is 280 g/mol. The Bertz CT molecular complexity index is 563. The summed E-state index contributed by atoms with van der Waals surface area (Å²) in [5.41, 5.74) is 0.370. The number of piperidine rings is 1. The van der Waals surface area contributed by atoms with E-state index in [0.717, 1.165) is 32.2 Å². The van der Waals surface area contributed by atoms with E-state index in [-0.39, 0.29) is 23.3 Å². The lowest BCUT2D eigenvalue weighted by atomic mass is 9.74. The smallest absolute Gasteiger partial charge is 0.271 e. The van der Waals surface area contributed by atoms with Crippen LogP contribution in [0.2, 0.25) is 0 Å². The van der Waals surface area contributed by atoms with Crippen LogP contribution in [0.5, 0.6) is 0 Å². The second kappa shape index (κ2) is 6.02. The predicted octanol–water partition coefficient (Wildman–Crippen LogP) is 1.39. The van der Waals surface area contributed by atoms with Gasteiger partial charge in [0.15, 0.2) is 0 Å². The maximum Gasteiger partial charge on any atom is 0.271 e. The zero-order chi connectivity index (χ0) is 15.6. The highest BCUT2D eigenvalue weighted by atomic mass is 16.2. The van der Waals surface area contributed by atoms with E-state index in [9.17, 15) is 9.59 Å². The van der Waals surface area contributed by atoms with E-state index in [2.05, 4.69) is 15.3 Å². The molecule has 2 atom stereocenters. The fraction of sp³-hybridized carbons (Fsp3) is 0.625.